The Balaban J connectivity index is 1.36. The van der Waals surface area contributed by atoms with E-state index in [2.05, 4.69) is 34.1 Å². The molecule has 0 radical (unpaired) electrons. The van der Waals surface area contributed by atoms with Crippen LogP contribution in [0.3, 0.4) is 0 Å². The van der Waals surface area contributed by atoms with Crippen LogP contribution in [0.2, 0.25) is 0 Å². The molecule has 2 aliphatic heterocycles. The zero-order chi connectivity index (χ0) is 19.0. The average molecular weight is 393 g/mol. The molecule has 0 N–H and O–H groups in total. The van der Waals surface area contributed by atoms with Crippen LogP contribution in [-0.4, -0.2) is 40.4 Å². The monoisotopic (exact) mass is 392 g/mol. The first-order chi connectivity index (χ1) is 13.7. The Morgan fingerprint density at radius 1 is 1.11 bits per heavy atom. The summed E-state index contributed by atoms with van der Waals surface area (Å²) in [6.45, 7) is 3.54. The molecule has 0 unspecified atom stereocenters. The number of rotatable bonds is 3. The molecule has 1 aromatic carbocycles. The molecule has 0 saturated carbocycles. The summed E-state index contributed by atoms with van der Waals surface area (Å²) in [7, 11) is 0. The average Bonchev–Trinajstić information content (AvgIpc) is 3.16. The number of aromatic nitrogens is 2. The van der Waals surface area contributed by atoms with Gasteiger partial charge in [-0.2, -0.15) is 0 Å². The van der Waals surface area contributed by atoms with Crippen molar-refractivity contribution in [3.05, 3.63) is 54.4 Å². The second-order valence-corrected chi connectivity index (χ2v) is 9.11. The van der Waals surface area contributed by atoms with E-state index in [1.54, 1.807) is 17.5 Å². The maximum absolute atomic E-state index is 12.6. The quantitative estimate of drug-likeness (QED) is 0.673. The summed E-state index contributed by atoms with van der Waals surface area (Å²) in [4.78, 5) is 26.1. The Morgan fingerprint density at radius 3 is 2.89 bits per heavy atom. The van der Waals surface area contributed by atoms with E-state index in [4.69, 9.17) is 4.98 Å². The van der Waals surface area contributed by atoms with E-state index in [1.165, 1.54) is 11.1 Å². The van der Waals surface area contributed by atoms with Crippen LogP contribution in [0.25, 0.3) is 10.2 Å². The van der Waals surface area contributed by atoms with Gasteiger partial charge in [0.1, 0.15) is 0 Å². The predicted octanol–water partition coefficient (Wildman–Crippen LogP) is 4.10. The molecular weight excluding hydrogens is 368 g/mol. The fourth-order valence-corrected chi connectivity index (χ4v) is 5.65. The van der Waals surface area contributed by atoms with Crippen molar-refractivity contribution in [3.63, 3.8) is 0 Å². The van der Waals surface area contributed by atoms with Crippen LogP contribution in [0.4, 0.5) is 5.13 Å². The third kappa shape index (κ3) is 3.37. The third-order valence-electron chi connectivity index (χ3n) is 6.06. The zero-order valence-electron chi connectivity index (χ0n) is 15.9. The van der Waals surface area contributed by atoms with Gasteiger partial charge in [-0.3, -0.25) is 9.78 Å². The van der Waals surface area contributed by atoms with Crippen molar-refractivity contribution in [2.24, 2.45) is 5.41 Å². The van der Waals surface area contributed by atoms with E-state index in [0.29, 0.717) is 13.0 Å². The highest BCUT2D eigenvalue weighted by molar-refractivity contribution is 7.22. The molecule has 5 nitrogen and oxygen atoms in total. The van der Waals surface area contributed by atoms with E-state index in [1.807, 2.05) is 23.2 Å². The highest BCUT2D eigenvalue weighted by Gasteiger charge is 2.42. The minimum absolute atomic E-state index is 0.173. The van der Waals surface area contributed by atoms with Gasteiger partial charge in [-0.05, 0) is 43.0 Å². The summed E-state index contributed by atoms with van der Waals surface area (Å²) in [6, 6.07) is 12.3. The molecule has 2 fully saturated rings. The highest BCUT2D eigenvalue weighted by Crippen LogP contribution is 2.41. The molecule has 1 spiro atoms. The Morgan fingerprint density at radius 2 is 2.04 bits per heavy atom. The number of hydrogen-bond donors (Lipinski definition) is 0. The highest BCUT2D eigenvalue weighted by atomic mass is 32.1. The summed E-state index contributed by atoms with van der Waals surface area (Å²) in [5.74, 6) is 0.270. The molecule has 6 heteroatoms. The first-order valence-corrected chi connectivity index (χ1v) is 10.8. The number of thiazole rings is 1. The topological polar surface area (TPSA) is 49.3 Å². The minimum atomic E-state index is 0.173. The number of carbonyl (C=O) groups is 1. The van der Waals surface area contributed by atoms with Gasteiger partial charge in [0.25, 0.3) is 0 Å². The zero-order valence-corrected chi connectivity index (χ0v) is 16.7. The molecule has 4 heterocycles. The van der Waals surface area contributed by atoms with Crippen molar-refractivity contribution >= 4 is 32.6 Å². The van der Waals surface area contributed by atoms with E-state index in [9.17, 15) is 4.79 Å². The summed E-state index contributed by atoms with van der Waals surface area (Å²) >= 11 is 1.78. The number of benzene rings is 1. The van der Waals surface area contributed by atoms with Crippen LogP contribution in [0.1, 0.15) is 31.2 Å². The number of para-hydroxylation sites is 1. The Bertz CT molecular complexity index is 955. The van der Waals surface area contributed by atoms with Gasteiger partial charge in [0.15, 0.2) is 5.13 Å². The lowest BCUT2D eigenvalue weighted by Gasteiger charge is -2.48. The second-order valence-electron chi connectivity index (χ2n) is 8.10. The first kappa shape index (κ1) is 17.6. The van der Waals surface area contributed by atoms with Gasteiger partial charge in [0.2, 0.25) is 5.91 Å². The third-order valence-corrected chi connectivity index (χ3v) is 7.16. The second kappa shape index (κ2) is 7.17. The molecule has 3 aromatic rings. The van der Waals surface area contributed by atoms with Crippen LogP contribution in [0.15, 0.2) is 48.8 Å². The lowest BCUT2D eigenvalue weighted by atomic mass is 9.73. The fraction of sp³-hybridized carbons (Fsp3) is 0.409. The number of likely N-dealkylation sites (tertiary alicyclic amines) is 1. The molecule has 144 valence electrons. The number of anilines is 1. The van der Waals surface area contributed by atoms with Crippen molar-refractivity contribution < 1.29 is 4.79 Å². The molecule has 1 atom stereocenters. The number of piperidine rings is 2. The summed E-state index contributed by atoms with van der Waals surface area (Å²) < 4.78 is 1.24. The number of hydrogen-bond acceptors (Lipinski definition) is 5. The normalized spacial score (nSPS) is 22.9. The van der Waals surface area contributed by atoms with Crippen molar-refractivity contribution in [3.8, 4) is 0 Å². The van der Waals surface area contributed by atoms with E-state index in [-0.39, 0.29) is 11.3 Å². The fourth-order valence-electron chi connectivity index (χ4n) is 4.66. The Kier molecular flexibility index (Phi) is 4.51. The smallest absolute Gasteiger partial charge is 0.222 e. The number of pyridine rings is 1. The minimum Gasteiger partial charge on any atom is -0.347 e. The maximum atomic E-state index is 12.6. The summed E-state index contributed by atoms with van der Waals surface area (Å²) in [6.07, 6.45) is 7.61. The number of amides is 1. The molecule has 28 heavy (non-hydrogen) atoms. The van der Waals surface area contributed by atoms with Gasteiger partial charge < -0.3 is 9.80 Å². The van der Waals surface area contributed by atoms with E-state index in [0.717, 1.165) is 48.7 Å². The van der Waals surface area contributed by atoms with E-state index < -0.39 is 0 Å². The lowest BCUT2D eigenvalue weighted by molar-refractivity contribution is -0.138. The van der Waals surface area contributed by atoms with E-state index >= 15 is 0 Å². The van der Waals surface area contributed by atoms with Gasteiger partial charge >= 0.3 is 0 Å². The van der Waals surface area contributed by atoms with Crippen molar-refractivity contribution in [2.45, 2.75) is 32.2 Å². The van der Waals surface area contributed by atoms with Gasteiger partial charge in [-0.25, -0.2) is 4.98 Å². The van der Waals surface area contributed by atoms with Crippen LogP contribution in [0, 0.1) is 5.41 Å². The standard InChI is InChI=1S/C22H24N4OS/c27-20-8-10-22(16-26(20)14-17-5-3-11-23-13-17)9-4-12-25(15-22)21-24-18-6-1-2-7-19(18)28-21/h1-3,5-7,11,13H,4,8-10,12,14-16H2/t22-/m0/s1. The molecule has 5 rings (SSSR count). The molecular formula is C22H24N4OS. The van der Waals surface area contributed by atoms with Crippen molar-refractivity contribution in [1.29, 1.82) is 0 Å². The van der Waals surface area contributed by atoms with Gasteiger partial charge in [0.05, 0.1) is 10.2 Å². The van der Waals surface area contributed by atoms with Crippen LogP contribution in [0.5, 0.6) is 0 Å². The van der Waals surface area contributed by atoms with Crippen LogP contribution in [-0.2, 0) is 11.3 Å². The maximum Gasteiger partial charge on any atom is 0.222 e. The molecule has 2 aromatic heterocycles. The van der Waals surface area contributed by atoms with Crippen LogP contribution >= 0.6 is 11.3 Å². The van der Waals surface area contributed by atoms with Crippen LogP contribution < -0.4 is 4.90 Å². The largest absolute Gasteiger partial charge is 0.347 e. The number of nitrogens with zero attached hydrogens (tertiary/aromatic N) is 4. The Labute approximate surface area is 169 Å². The molecule has 0 bridgehead atoms. The summed E-state index contributed by atoms with van der Waals surface area (Å²) in [5.41, 5.74) is 2.36. The SMILES string of the molecule is O=C1CC[C@]2(CCCN(c3nc4ccccc4s3)C2)CN1Cc1cccnc1. The molecule has 1 amide bonds. The first-order valence-electron chi connectivity index (χ1n) is 9.98. The lowest BCUT2D eigenvalue weighted by Crippen LogP contribution is -2.53. The van der Waals surface area contributed by atoms with Crippen molar-refractivity contribution in [1.82, 2.24) is 14.9 Å². The van der Waals surface area contributed by atoms with Crippen molar-refractivity contribution in [2.75, 3.05) is 24.5 Å². The van der Waals surface area contributed by atoms with Gasteiger partial charge in [0, 0.05) is 50.4 Å². The van der Waals surface area contributed by atoms with Gasteiger partial charge in [-0.15, -0.1) is 0 Å². The molecule has 2 aliphatic rings. The molecule has 0 aliphatic carbocycles. The molecule has 2 saturated heterocycles. The Hall–Kier alpha value is -2.47. The number of fused-ring (bicyclic) bond motifs is 1. The number of carbonyl (C=O) groups excluding carboxylic acids is 1. The summed E-state index contributed by atoms with van der Waals surface area (Å²) in [5, 5.41) is 1.12. The predicted molar refractivity (Wildman–Crippen MR) is 112 cm³/mol. The van der Waals surface area contributed by atoms with Gasteiger partial charge in [-0.1, -0.05) is 29.5 Å².